The summed E-state index contributed by atoms with van der Waals surface area (Å²) in [5.41, 5.74) is 1.90. The summed E-state index contributed by atoms with van der Waals surface area (Å²) in [4.78, 5) is 35.2. The second-order valence-electron chi connectivity index (χ2n) is 6.64. The third kappa shape index (κ3) is 4.11. The summed E-state index contributed by atoms with van der Waals surface area (Å²) in [6.07, 6.45) is 0.977. The summed E-state index contributed by atoms with van der Waals surface area (Å²) in [6.45, 7) is 2.48. The van der Waals surface area contributed by atoms with Crippen molar-refractivity contribution in [3.8, 4) is 11.1 Å². The van der Waals surface area contributed by atoms with Crippen LogP contribution in [0.15, 0.2) is 64.2 Å². The number of carboxylic acids is 1. The smallest absolute Gasteiger partial charge is 0.326 e. The Morgan fingerprint density at radius 1 is 0.929 bits per heavy atom. The van der Waals surface area contributed by atoms with Gasteiger partial charge in [0.15, 0.2) is 0 Å². The van der Waals surface area contributed by atoms with E-state index in [1.165, 1.54) is 0 Å². The quantitative estimate of drug-likeness (QED) is 0.496. The third-order valence-electron chi connectivity index (χ3n) is 4.58. The number of anilines is 2. The van der Waals surface area contributed by atoms with Gasteiger partial charge < -0.3 is 15.7 Å². The van der Waals surface area contributed by atoms with Crippen LogP contribution < -0.4 is 21.5 Å². The van der Waals surface area contributed by atoms with Gasteiger partial charge in [-0.1, -0.05) is 61.5 Å². The fourth-order valence-corrected chi connectivity index (χ4v) is 3.02. The summed E-state index contributed by atoms with van der Waals surface area (Å²) in [7, 11) is 0. The molecule has 0 saturated heterocycles. The minimum atomic E-state index is -1.08. The van der Waals surface area contributed by atoms with Crippen LogP contribution in [0.1, 0.15) is 18.9 Å². The van der Waals surface area contributed by atoms with Crippen molar-refractivity contribution >= 4 is 17.3 Å². The lowest BCUT2D eigenvalue weighted by atomic mass is 10.00. The van der Waals surface area contributed by atoms with Crippen molar-refractivity contribution < 1.29 is 9.90 Å². The standard InChI is InChI=1S/C22H22N2O4/c1-2-12-23-18-19(21(26)20(18)25)24-17(22(27)28)13-14-8-10-16(11-9-14)15-6-4-3-5-7-15/h3-11,17,23-24H,2,12-13H2,1H3,(H,27,28)/t17-/m0/s1. The van der Waals surface area contributed by atoms with E-state index >= 15 is 0 Å². The van der Waals surface area contributed by atoms with Gasteiger partial charge in [-0.05, 0) is 23.1 Å². The molecule has 3 rings (SSSR count). The molecule has 0 unspecified atom stereocenters. The van der Waals surface area contributed by atoms with E-state index in [4.69, 9.17) is 0 Å². The molecule has 3 aromatic rings. The molecule has 0 spiro atoms. The van der Waals surface area contributed by atoms with Gasteiger partial charge in [0.05, 0.1) is 0 Å². The van der Waals surface area contributed by atoms with Gasteiger partial charge in [0.25, 0.3) is 10.9 Å². The summed E-state index contributed by atoms with van der Waals surface area (Å²) in [5.74, 6) is -1.08. The zero-order valence-corrected chi connectivity index (χ0v) is 15.6. The first kappa shape index (κ1) is 19.4. The SMILES string of the molecule is CCCNc1c(N[C@@H](Cc2ccc(-c3ccccc3)cc2)C(=O)O)c(=O)c1=O. The second kappa shape index (κ2) is 8.52. The highest BCUT2D eigenvalue weighted by molar-refractivity contribution is 5.82. The van der Waals surface area contributed by atoms with E-state index in [2.05, 4.69) is 10.6 Å². The predicted molar refractivity (Wildman–Crippen MR) is 111 cm³/mol. The van der Waals surface area contributed by atoms with Crippen molar-refractivity contribution in [1.82, 2.24) is 0 Å². The Morgan fingerprint density at radius 2 is 1.54 bits per heavy atom. The summed E-state index contributed by atoms with van der Waals surface area (Å²) in [5, 5.41) is 15.2. The Morgan fingerprint density at radius 3 is 2.14 bits per heavy atom. The van der Waals surface area contributed by atoms with Crippen LogP contribution in [0, 0.1) is 0 Å². The molecule has 1 atom stereocenters. The zero-order valence-electron chi connectivity index (χ0n) is 15.6. The number of nitrogens with one attached hydrogen (secondary N) is 2. The fourth-order valence-electron chi connectivity index (χ4n) is 3.02. The van der Waals surface area contributed by atoms with Gasteiger partial charge in [0.2, 0.25) is 0 Å². The molecule has 6 nitrogen and oxygen atoms in total. The number of benzene rings is 2. The van der Waals surface area contributed by atoms with Crippen LogP contribution in [-0.2, 0) is 11.2 Å². The van der Waals surface area contributed by atoms with Gasteiger partial charge in [-0.15, -0.1) is 0 Å². The van der Waals surface area contributed by atoms with E-state index in [-0.39, 0.29) is 17.8 Å². The molecule has 0 aliphatic heterocycles. The van der Waals surface area contributed by atoms with Gasteiger partial charge >= 0.3 is 5.97 Å². The van der Waals surface area contributed by atoms with E-state index in [1.807, 2.05) is 61.5 Å². The first-order chi connectivity index (χ1) is 13.5. The van der Waals surface area contributed by atoms with Crippen LogP contribution in [0.4, 0.5) is 11.4 Å². The molecule has 0 amide bonds. The minimum absolute atomic E-state index is 0.0618. The molecule has 0 saturated carbocycles. The molecule has 144 valence electrons. The molecule has 0 aliphatic rings. The molecule has 0 fully saturated rings. The van der Waals surface area contributed by atoms with Gasteiger partial charge in [-0.2, -0.15) is 0 Å². The molecule has 0 aliphatic carbocycles. The molecule has 28 heavy (non-hydrogen) atoms. The van der Waals surface area contributed by atoms with Gasteiger partial charge in [-0.3, -0.25) is 9.59 Å². The highest BCUT2D eigenvalue weighted by Gasteiger charge is 2.26. The summed E-state index contributed by atoms with van der Waals surface area (Å²) in [6, 6.07) is 16.5. The van der Waals surface area contributed by atoms with Crippen LogP contribution in [0.2, 0.25) is 0 Å². The Balaban J connectivity index is 1.74. The summed E-state index contributed by atoms with van der Waals surface area (Å²) >= 11 is 0. The summed E-state index contributed by atoms with van der Waals surface area (Å²) < 4.78 is 0. The van der Waals surface area contributed by atoms with E-state index in [1.54, 1.807) is 0 Å². The monoisotopic (exact) mass is 378 g/mol. The number of carboxylic acid groups (broad SMARTS) is 1. The first-order valence-electron chi connectivity index (χ1n) is 9.22. The van der Waals surface area contributed by atoms with Crippen LogP contribution in [-0.4, -0.2) is 23.7 Å². The molecule has 3 aromatic carbocycles. The van der Waals surface area contributed by atoms with Gasteiger partial charge in [-0.25, -0.2) is 4.79 Å². The number of rotatable bonds is 9. The van der Waals surface area contributed by atoms with E-state index in [0.29, 0.717) is 6.54 Å². The molecule has 3 N–H and O–H groups in total. The third-order valence-corrected chi connectivity index (χ3v) is 4.58. The Kier molecular flexibility index (Phi) is 5.89. The molecule has 0 heterocycles. The number of hydrogen-bond donors (Lipinski definition) is 3. The van der Waals surface area contributed by atoms with Crippen molar-refractivity contribution in [1.29, 1.82) is 0 Å². The molecular formula is C22H22N2O4. The minimum Gasteiger partial charge on any atom is -0.480 e. The molecule has 6 heteroatoms. The van der Waals surface area contributed by atoms with Crippen molar-refractivity contribution in [2.75, 3.05) is 17.2 Å². The molecular weight excluding hydrogens is 356 g/mol. The fraction of sp³-hybridized carbons (Fsp3) is 0.227. The lowest BCUT2D eigenvalue weighted by Crippen LogP contribution is -2.42. The predicted octanol–water partition coefficient (Wildman–Crippen LogP) is 2.88. The molecule has 0 radical (unpaired) electrons. The highest BCUT2D eigenvalue weighted by Crippen LogP contribution is 2.21. The largest absolute Gasteiger partial charge is 0.480 e. The van der Waals surface area contributed by atoms with Crippen LogP contribution >= 0.6 is 0 Å². The van der Waals surface area contributed by atoms with Crippen molar-refractivity contribution in [3.05, 3.63) is 80.6 Å². The number of aliphatic carboxylic acids is 1. The van der Waals surface area contributed by atoms with Crippen LogP contribution in [0.5, 0.6) is 0 Å². The van der Waals surface area contributed by atoms with E-state index in [0.717, 1.165) is 23.1 Å². The van der Waals surface area contributed by atoms with Crippen molar-refractivity contribution in [2.45, 2.75) is 25.8 Å². The first-order valence-corrected chi connectivity index (χ1v) is 9.22. The molecule has 0 aromatic heterocycles. The average molecular weight is 378 g/mol. The highest BCUT2D eigenvalue weighted by atomic mass is 16.4. The second-order valence-corrected chi connectivity index (χ2v) is 6.64. The maximum atomic E-state index is 11.8. The lowest BCUT2D eigenvalue weighted by Gasteiger charge is -2.20. The maximum absolute atomic E-state index is 11.8. The van der Waals surface area contributed by atoms with Gasteiger partial charge in [0, 0.05) is 13.0 Å². The lowest BCUT2D eigenvalue weighted by molar-refractivity contribution is -0.137. The van der Waals surface area contributed by atoms with Crippen LogP contribution in [0.3, 0.4) is 0 Å². The Hall–Kier alpha value is -3.41. The van der Waals surface area contributed by atoms with Crippen molar-refractivity contribution in [3.63, 3.8) is 0 Å². The average Bonchev–Trinajstić information content (AvgIpc) is 2.73. The van der Waals surface area contributed by atoms with E-state index < -0.39 is 22.9 Å². The topological polar surface area (TPSA) is 95.5 Å². The molecule has 0 bridgehead atoms. The van der Waals surface area contributed by atoms with Gasteiger partial charge in [0.1, 0.15) is 17.4 Å². The van der Waals surface area contributed by atoms with Crippen LogP contribution in [0.25, 0.3) is 11.1 Å². The van der Waals surface area contributed by atoms with E-state index in [9.17, 15) is 19.5 Å². The number of hydrogen-bond acceptors (Lipinski definition) is 5. The zero-order chi connectivity index (χ0) is 20.1. The van der Waals surface area contributed by atoms with Crippen molar-refractivity contribution in [2.24, 2.45) is 0 Å². The Bertz CT molecular complexity index is 1020. The Labute approximate surface area is 162 Å². The number of carbonyl (C=O) groups is 1. The normalized spacial score (nSPS) is 11.9. The maximum Gasteiger partial charge on any atom is 0.326 e.